The summed E-state index contributed by atoms with van der Waals surface area (Å²) in [6.45, 7) is 6.48. The monoisotopic (exact) mass is 308 g/mol. The number of ether oxygens (including phenoxy) is 1. The van der Waals surface area contributed by atoms with Crippen LogP contribution in [-0.4, -0.2) is 27.3 Å². The molecule has 0 aliphatic heterocycles. The molecule has 0 aliphatic carbocycles. The van der Waals surface area contributed by atoms with Crippen molar-refractivity contribution in [2.45, 2.75) is 32.7 Å². The third-order valence-electron chi connectivity index (χ3n) is 3.13. The Morgan fingerprint density at radius 2 is 2.29 bits per heavy atom. The zero-order valence-corrected chi connectivity index (χ0v) is 13.5. The SMILES string of the molecule is CCOC(=O)C(C)(C)c1csc(NCc2cnn(C)c2)n1. The minimum absolute atomic E-state index is 0.255. The van der Waals surface area contributed by atoms with Crippen molar-refractivity contribution >= 4 is 22.4 Å². The maximum absolute atomic E-state index is 12.0. The van der Waals surface area contributed by atoms with Crippen molar-refractivity contribution in [1.29, 1.82) is 0 Å². The van der Waals surface area contributed by atoms with E-state index >= 15 is 0 Å². The van der Waals surface area contributed by atoms with Crippen LogP contribution in [0, 0.1) is 0 Å². The van der Waals surface area contributed by atoms with Gasteiger partial charge in [0.25, 0.3) is 0 Å². The van der Waals surface area contributed by atoms with Crippen LogP contribution in [0.4, 0.5) is 5.13 Å². The lowest BCUT2D eigenvalue weighted by Gasteiger charge is -2.19. The van der Waals surface area contributed by atoms with Gasteiger partial charge in [0.15, 0.2) is 5.13 Å². The van der Waals surface area contributed by atoms with Crippen molar-refractivity contribution in [3.8, 4) is 0 Å². The first kappa shape index (κ1) is 15.5. The maximum atomic E-state index is 12.0. The fourth-order valence-electron chi connectivity index (χ4n) is 1.80. The number of nitrogens with zero attached hydrogens (tertiary/aromatic N) is 3. The molecule has 114 valence electrons. The number of hydrogen-bond acceptors (Lipinski definition) is 6. The van der Waals surface area contributed by atoms with E-state index in [1.165, 1.54) is 11.3 Å². The molecule has 0 atom stereocenters. The second kappa shape index (κ2) is 6.26. The molecule has 2 rings (SSSR count). The number of anilines is 1. The molecule has 0 saturated carbocycles. The minimum Gasteiger partial charge on any atom is -0.465 e. The van der Waals surface area contributed by atoms with Gasteiger partial charge in [-0.1, -0.05) is 0 Å². The molecule has 2 heterocycles. The smallest absolute Gasteiger partial charge is 0.317 e. The molecule has 0 bridgehead atoms. The normalized spacial score (nSPS) is 11.4. The largest absolute Gasteiger partial charge is 0.465 e. The first-order chi connectivity index (χ1) is 9.93. The lowest BCUT2D eigenvalue weighted by atomic mass is 9.90. The van der Waals surface area contributed by atoms with Gasteiger partial charge >= 0.3 is 5.97 Å². The highest BCUT2D eigenvalue weighted by Gasteiger charge is 2.33. The number of carbonyl (C=O) groups is 1. The van der Waals surface area contributed by atoms with Crippen LogP contribution in [0.5, 0.6) is 0 Å². The van der Waals surface area contributed by atoms with Gasteiger partial charge in [0.05, 0.1) is 18.5 Å². The third-order valence-corrected chi connectivity index (χ3v) is 3.93. The second-order valence-electron chi connectivity index (χ2n) is 5.26. The van der Waals surface area contributed by atoms with E-state index in [2.05, 4.69) is 15.4 Å². The summed E-state index contributed by atoms with van der Waals surface area (Å²) in [6.07, 6.45) is 3.76. The Labute approximate surface area is 128 Å². The van der Waals surface area contributed by atoms with Crippen LogP contribution in [-0.2, 0) is 28.5 Å². The van der Waals surface area contributed by atoms with Gasteiger partial charge in [0.2, 0.25) is 0 Å². The summed E-state index contributed by atoms with van der Waals surface area (Å²) in [5.41, 5.74) is 1.07. The molecule has 21 heavy (non-hydrogen) atoms. The maximum Gasteiger partial charge on any atom is 0.317 e. The van der Waals surface area contributed by atoms with E-state index in [1.54, 1.807) is 11.6 Å². The Hall–Kier alpha value is -1.89. The van der Waals surface area contributed by atoms with Crippen molar-refractivity contribution in [2.24, 2.45) is 7.05 Å². The Morgan fingerprint density at radius 1 is 1.52 bits per heavy atom. The van der Waals surface area contributed by atoms with E-state index in [9.17, 15) is 4.79 Å². The second-order valence-corrected chi connectivity index (χ2v) is 6.12. The highest BCUT2D eigenvalue weighted by Crippen LogP contribution is 2.28. The van der Waals surface area contributed by atoms with E-state index < -0.39 is 5.41 Å². The Bertz CT molecular complexity index is 618. The van der Waals surface area contributed by atoms with Crippen LogP contribution in [0.3, 0.4) is 0 Å². The molecule has 2 aromatic rings. The molecule has 1 N–H and O–H groups in total. The summed E-state index contributed by atoms with van der Waals surface area (Å²) < 4.78 is 6.85. The number of aryl methyl sites for hydroxylation is 1. The summed E-state index contributed by atoms with van der Waals surface area (Å²) >= 11 is 1.48. The number of hydrogen-bond donors (Lipinski definition) is 1. The Kier molecular flexibility index (Phi) is 4.62. The van der Waals surface area contributed by atoms with Gasteiger partial charge in [0.1, 0.15) is 5.41 Å². The van der Waals surface area contributed by atoms with Gasteiger partial charge in [-0.15, -0.1) is 11.3 Å². The van der Waals surface area contributed by atoms with Crippen LogP contribution in [0.15, 0.2) is 17.8 Å². The fourth-order valence-corrected chi connectivity index (χ4v) is 2.68. The Morgan fingerprint density at radius 3 is 2.90 bits per heavy atom. The predicted molar refractivity (Wildman–Crippen MR) is 82.3 cm³/mol. The summed E-state index contributed by atoms with van der Waals surface area (Å²) in [5.74, 6) is -0.255. The molecule has 6 nitrogen and oxygen atoms in total. The van der Waals surface area contributed by atoms with Gasteiger partial charge in [-0.2, -0.15) is 5.10 Å². The van der Waals surface area contributed by atoms with E-state index in [1.807, 2.05) is 38.7 Å². The zero-order chi connectivity index (χ0) is 15.5. The summed E-state index contributed by atoms with van der Waals surface area (Å²) in [4.78, 5) is 16.5. The van der Waals surface area contributed by atoms with Crippen molar-refractivity contribution in [2.75, 3.05) is 11.9 Å². The third kappa shape index (κ3) is 3.60. The average molecular weight is 308 g/mol. The molecule has 0 radical (unpaired) electrons. The molecule has 0 spiro atoms. The minimum atomic E-state index is -0.735. The summed E-state index contributed by atoms with van der Waals surface area (Å²) in [7, 11) is 1.88. The van der Waals surface area contributed by atoms with E-state index in [-0.39, 0.29) is 5.97 Å². The van der Waals surface area contributed by atoms with Gasteiger partial charge < -0.3 is 10.1 Å². The highest BCUT2D eigenvalue weighted by molar-refractivity contribution is 7.13. The molecule has 2 aromatic heterocycles. The summed E-state index contributed by atoms with van der Waals surface area (Å²) in [6, 6.07) is 0. The first-order valence-corrected chi connectivity index (χ1v) is 7.66. The molecule has 0 fully saturated rings. The lowest BCUT2D eigenvalue weighted by molar-refractivity contribution is -0.148. The molecular formula is C14H20N4O2S. The van der Waals surface area contributed by atoms with Gasteiger partial charge in [0, 0.05) is 30.7 Å². The Balaban J connectivity index is 2.02. The van der Waals surface area contributed by atoms with Gasteiger partial charge in [-0.05, 0) is 20.8 Å². The molecule has 7 heteroatoms. The lowest BCUT2D eigenvalue weighted by Crippen LogP contribution is -2.31. The topological polar surface area (TPSA) is 69.0 Å². The summed E-state index contributed by atoms with van der Waals surface area (Å²) in [5, 5.41) is 10.0. The average Bonchev–Trinajstić information content (AvgIpc) is 3.05. The van der Waals surface area contributed by atoms with Crippen LogP contribution in [0.25, 0.3) is 0 Å². The van der Waals surface area contributed by atoms with Gasteiger partial charge in [-0.25, -0.2) is 4.98 Å². The highest BCUT2D eigenvalue weighted by atomic mass is 32.1. The predicted octanol–water partition coefficient (Wildman–Crippen LogP) is 2.33. The molecule has 0 saturated heterocycles. The van der Waals surface area contributed by atoms with E-state index in [0.717, 1.165) is 16.4 Å². The quantitative estimate of drug-likeness (QED) is 0.830. The zero-order valence-electron chi connectivity index (χ0n) is 12.7. The number of aromatic nitrogens is 3. The van der Waals surface area contributed by atoms with Crippen molar-refractivity contribution < 1.29 is 9.53 Å². The van der Waals surface area contributed by atoms with Crippen LogP contribution >= 0.6 is 11.3 Å². The first-order valence-electron chi connectivity index (χ1n) is 6.78. The molecule has 0 unspecified atom stereocenters. The fraction of sp³-hybridized carbons (Fsp3) is 0.500. The number of rotatable bonds is 6. The standard InChI is InChI=1S/C14H20N4O2S/c1-5-20-12(19)14(2,3)11-9-21-13(17-11)15-6-10-7-16-18(4)8-10/h7-9H,5-6H2,1-4H3,(H,15,17). The van der Waals surface area contributed by atoms with Crippen LogP contribution < -0.4 is 5.32 Å². The van der Waals surface area contributed by atoms with Crippen molar-refractivity contribution in [3.63, 3.8) is 0 Å². The number of nitrogens with one attached hydrogen (secondary N) is 1. The van der Waals surface area contributed by atoms with Crippen LogP contribution in [0.1, 0.15) is 32.0 Å². The van der Waals surface area contributed by atoms with Crippen molar-refractivity contribution in [3.05, 3.63) is 29.0 Å². The van der Waals surface area contributed by atoms with Gasteiger partial charge in [-0.3, -0.25) is 9.48 Å². The van der Waals surface area contributed by atoms with E-state index in [4.69, 9.17) is 4.74 Å². The molecule has 0 aromatic carbocycles. The molecule has 0 amide bonds. The number of thiazole rings is 1. The van der Waals surface area contributed by atoms with Crippen LogP contribution in [0.2, 0.25) is 0 Å². The molecular weight excluding hydrogens is 288 g/mol. The number of esters is 1. The van der Waals surface area contributed by atoms with E-state index in [0.29, 0.717) is 13.2 Å². The van der Waals surface area contributed by atoms with Crippen molar-refractivity contribution in [1.82, 2.24) is 14.8 Å². The molecule has 0 aliphatic rings. The number of carbonyl (C=O) groups excluding carboxylic acids is 1.